The number of methoxy groups -OCH3 is 1. The van der Waals surface area contributed by atoms with Crippen molar-refractivity contribution in [3.05, 3.63) is 45.8 Å². The fourth-order valence-electron chi connectivity index (χ4n) is 1.39. The molecule has 0 unspecified atom stereocenters. The molecule has 0 aliphatic carbocycles. The van der Waals surface area contributed by atoms with Crippen LogP contribution < -0.4 is 0 Å². The number of hydrogen-bond donors (Lipinski definition) is 0. The van der Waals surface area contributed by atoms with E-state index in [-0.39, 0.29) is 11.0 Å². The van der Waals surface area contributed by atoms with E-state index in [1.165, 1.54) is 7.11 Å². The summed E-state index contributed by atoms with van der Waals surface area (Å²) in [5, 5.41) is 0.171. The van der Waals surface area contributed by atoms with E-state index < -0.39 is 5.97 Å². The van der Waals surface area contributed by atoms with Gasteiger partial charge < -0.3 is 4.74 Å². The molecule has 92 valence electrons. The van der Waals surface area contributed by atoms with E-state index in [1.54, 1.807) is 0 Å². The third kappa shape index (κ3) is 2.52. The van der Waals surface area contributed by atoms with E-state index in [4.69, 9.17) is 11.6 Å². The summed E-state index contributed by atoms with van der Waals surface area (Å²) in [5.74, 6) is -0.689. The molecule has 2 rings (SSSR count). The average Bonchev–Trinajstić information content (AvgIpc) is 2.41. The number of carbonyl (C=O) groups is 1. The SMILES string of the molecule is COC(=O)c1nc(Cl)c(Br)c(-c2ccccc2)n1. The maximum Gasteiger partial charge on any atom is 0.376 e. The molecule has 0 saturated heterocycles. The average molecular weight is 328 g/mol. The Morgan fingerprint density at radius 2 is 1.94 bits per heavy atom. The van der Waals surface area contributed by atoms with Crippen molar-refractivity contribution in [1.29, 1.82) is 0 Å². The third-order valence-electron chi connectivity index (χ3n) is 2.23. The molecule has 18 heavy (non-hydrogen) atoms. The Bertz CT molecular complexity index is 590. The molecule has 0 aliphatic heterocycles. The largest absolute Gasteiger partial charge is 0.463 e. The second-order valence-corrected chi connectivity index (χ2v) is 4.51. The molecule has 0 fully saturated rings. The zero-order valence-electron chi connectivity index (χ0n) is 9.35. The zero-order valence-corrected chi connectivity index (χ0v) is 11.7. The van der Waals surface area contributed by atoms with Crippen LogP contribution in [0.2, 0.25) is 5.15 Å². The van der Waals surface area contributed by atoms with Crippen LogP contribution >= 0.6 is 27.5 Å². The van der Waals surface area contributed by atoms with E-state index in [9.17, 15) is 4.79 Å². The highest BCUT2D eigenvalue weighted by molar-refractivity contribution is 9.10. The number of rotatable bonds is 2. The second-order valence-electron chi connectivity index (χ2n) is 3.36. The highest BCUT2D eigenvalue weighted by atomic mass is 79.9. The number of esters is 1. The van der Waals surface area contributed by atoms with Crippen LogP contribution in [0, 0.1) is 0 Å². The molecule has 0 N–H and O–H groups in total. The minimum absolute atomic E-state index is 0.0652. The van der Waals surface area contributed by atoms with Gasteiger partial charge in [-0.2, -0.15) is 0 Å². The fraction of sp³-hybridized carbons (Fsp3) is 0.0833. The van der Waals surface area contributed by atoms with Gasteiger partial charge in [0.1, 0.15) is 5.15 Å². The number of hydrogen-bond acceptors (Lipinski definition) is 4. The first kappa shape index (κ1) is 13.0. The van der Waals surface area contributed by atoms with E-state index >= 15 is 0 Å². The molecule has 1 aromatic heterocycles. The van der Waals surface area contributed by atoms with Gasteiger partial charge in [0.15, 0.2) is 0 Å². The van der Waals surface area contributed by atoms with Gasteiger partial charge >= 0.3 is 5.97 Å². The summed E-state index contributed by atoms with van der Waals surface area (Å²) in [6.45, 7) is 0. The van der Waals surface area contributed by atoms with Crippen molar-refractivity contribution < 1.29 is 9.53 Å². The molecule has 0 saturated carbocycles. The molecule has 2 aromatic rings. The number of aromatic nitrogens is 2. The van der Waals surface area contributed by atoms with Crippen LogP contribution in [0.25, 0.3) is 11.3 Å². The van der Waals surface area contributed by atoms with Gasteiger partial charge in [0.05, 0.1) is 17.3 Å². The van der Waals surface area contributed by atoms with Crippen molar-refractivity contribution in [2.75, 3.05) is 7.11 Å². The van der Waals surface area contributed by atoms with Gasteiger partial charge in [-0.1, -0.05) is 41.9 Å². The Kier molecular flexibility index (Phi) is 3.93. The molecule has 4 nitrogen and oxygen atoms in total. The number of ether oxygens (including phenoxy) is 1. The van der Waals surface area contributed by atoms with E-state index in [1.807, 2.05) is 30.3 Å². The second kappa shape index (κ2) is 5.46. The van der Waals surface area contributed by atoms with Crippen LogP contribution in [0.3, 0.4) is 0 Å². The number of halogens is 2. The lowest BCUT2D eigenvalue weighted by Gasteiger charge is -2.07. The summed E-state index contributed by atoms with van der Waals surface area (Å²) in [6, 6.07) is 9.36. The van der Waals surface area contributed by atoms with Crippen molar-refractivity contribution in [2.45, 2.75) is 0 Å². The van der Waals surface area contributed by atoms with Crippen molar-refractivity contribution in [1.82, 2.24) is 9.97 Å². The maximum atomic E-state index is 11.4. The smallest absolute Gasteiger partial charge is 0.376 e. The topological polar surface area (TPSA) is 52.1 Å². The van der Waals surface area contributed by atoms with Crippen LogP contribution in [0.5, 0.6) is 0 Å². The summed E-state index contributed by atoms with van der Waals surface area (Å²) in [5.41, 5.74) is 1.38. The maximum absolute atomic E-state index is 11.4. The van der Waals surface area contributed by atoms with Gasteiger partial charge in [-0.3, -0.25) is 0 Å². The first-order valence-corrected chi connectivity index (χ1v) is 6.17. The Morgan fingerprint density at radius 1 is 1.28 bits per heavy atom. The highest BCUT2D eigenvalue weighted by Crippen LogP contribution is 2.31. The van der Waals surface area contributed by atoms with Crippen molar-refractivity contribution in [3.8, 4) is 11.3 Å². The summed E-state index contributed by atoms with van der Waals surface area (Å²) in [4.78, 5) is 19.5. The third-order valence-corrected chi connectivity index (χ3v) is 3.48. The molecular formula is C12H8BrClN2O2. The van der Waals surface area contributed by atoms with Crippen LogP contribution in [-0.4, -0.2) is 23.0 Å². The summed E-state index contributed by atoms with van der Waals surface area (Å²) >= 11 is 9.28. The summed E-state index contributed by atoms with van der Waals surface area (Å²) < 4.78 is 5.13. The summed E-state index contributed by atoms with van der Waals surface area (Å²) in [6.07, 6.45) is 0. The van der Waals surface area contributed by atoms with Crippen molar-refractivity contribution in [2.24, 2.45) is 0 Å². The number of nitrogens with zero attached hydrogens (tertiary/aromatic N) is 2. The normalized spacial score (nSPS) is 10.2. The first-order valence-electron chi connectivity index (χ1n) is 5.00. The Balaban J connectivity index is 2.60. The van der Waals surface area contributed by atoms with Gasteiger partial charge in [0.25, 0.3) is 0 Å². The lowest BCUT2D eigenvalue weighted by molar-refractivity contribution is 0.0587. The first-order chi connectivity index (χ1) is 8.63. The minimum atomic E-state index is -0.624. The van der Waals surface area contributed by atoms with E-state index in [2.05, 4.69) is 30.6 Å². The van der Waals surface area contributed by atoms with Gasteiger partial charge in [0.2, 0.25) is 5.82 Å². The Labute approximate surface area is 117 Å². The monoisotopic (exact) mass is 326 g/mol. The molecule has 0 aliphatic rings. The quantitative estimate of drug-likeness (QED) is 0.627. The molecule has 0 atom stereocenters. The molecule has 6 heteroatoms. The molecular weight excluding hydrogens is 320 g/mol. The van der Waals surface area contributed by atoms with Crippen LogP contribution in [0.15, 0.2) is 34.8 Å². The van der Waals surface area contributed by atoms with Gasteiger partial charge in [-0.25, -0.2) is 14.8 Å². The lowest BCUT2D eigenvalue weighted by atomic mass is 10.1. The number of benzene rings is 1. The molecule has 0 radical (unpaired) electrons. The molecule has 1 heterocycles. The van der Waals surface area contributed by atoms with Gasteiger partial charge in [0, 0.05) is 5.56 Å². The van der Waals surface area contributed by atoms with Gasteiger partial charge in [-0.15, -0.1) is 0 Å². The van der Waals surface area contributed by atoms with E-state index in [0.29, 0.717) is 10.2 Å². The number of carbonyl (C=O) groups excluding carboxylic acids is 1. The zero-order chi connectivity index (χ0) is 13.1. The predicted molar refractivity (Wildman–Crippen MR) is 71.5 cm³/mol. The van der Waals surface area contributed by atoms with E-state index in [0.717, 1.165) is 5.56 Å². The highest BCUT2D eigenvalue weighted by Gasteiger charge is 2.17. The van der Waals surface area contributed by atoms with Gasteiger partial charge in [-0.05, 0) is 15.9 Å². The van der Waals surface area contributed by atoms with Crippen LogP contribution in [-0.2, 0) is 4.74 Å². The summed E-state index contributed by atoms with van der Waals surface area (Å²) in [7, 11) is 1.27. The standard InChI is InChI=1S/C12H8BrClN2O2/c1-18-12(17)11-15-9(8(13)10(14)16-11)7-5-3-2-4-6-7/h2-6H,1H3. The molecule has 0 spiro atoms. The van der Waals surface area contributed by atoms with Crippen molar-refractivity contribution in [3.63, 3.8) is 0 Å². The van der Waals surface area contributed by atoms with Crippen molar-refractivity contribution >= 4 is 33.5 Å². The minimum Gasteiger partial charge on any atom is -0.463 e. The Hall–Kier alpha value is -1.46. The fourth-order valence-corrected chi connectivity index (χ4v) is 1.97. The lowest BCUT2D eigenvalue weighted by Crippen LogP contribution is -2.09. The van der Waals surface area contributed by atoms with Crippen LogP contribution in [0.4, 0.5) is 0 Å². The van der Waals surface area contributed by atoms with Crippen LogP contribution in [0.1, 0.15) is 10.6 Å². The molecule has 1 aromatic carbocycles. The molecule has 0 amide bonds. The predicted octanol–water partition coefficient (Wildman–Crippen LogP) is 3.35. The molecule has 0 bridgehead atoms. The Morgan fingerprint density at radius 3 is 2.56 bits per heavy atom.